The third kappa shape index (κ3) is 3.22. The molecule has 0 atom stereocenters. The summed E-state index contributed by atoms with van der Waals surface area (Å²) in [5.74, 6) is -0.429. The molecule has 0 unspecified atom stereocenters. The van der Waals surface area contributed by atoms with E-state index in [4.69, 9.17) is 0 Å². The molecule has 2 heterocycles. The van der Waals surface area contributed by atoms with E-state index in [1.807, 2.05) is 25.1 Å². The minimum absolute atomic E-state index is 0.183. The zero-order chi connectivity index (χ0) is 18.1. The number of para-hydroxylation sites is 1. The van der Waals surface area contributed by atoms with Gasteiger partial charge in [0.2, 0.25) is 5.95 Å². The highest BCUT2D eigenvalue weighted by molar-refractivity contribution is 5.57. The van der Waals surface area contributed by atoms with Crippen LogP contribution in [0.4, 0.5) is 26.2 Å². The Hall–Kier alpha value is -3.02. The van der Waals surface area contributed by atoms with Gasteiger partial charge in [0, 0.05) is 24.8 Å². The Morgan fingerprint density at radius 2 is 1.69 bits per heavy atom. The quantitative estimate of drug-likeness (QED) is 0.760. The maximum atomic E-state index is 13.9. The van der Waals surface area contributed by atoms with Crippen molar-refractivity contribution in [1.29, 1.82) is 0 Å². The van der Waals surface area contributed by atoms with E-state index in [0.717, 1.165) is 31.0 Å². The Balaban J connectivity index is 1.63. The van der Waals surface area contributed by atoms with Crippen molar-refractivity contribution >= 4 is 17.5 Å². The largest absolute Gasteiger partial charge is 0.352 e. The Bertz CT molecular complexity index is 938. The number of halogens is 2. The number of rotatable bonds is 3. The number of aromatic nitrogens is 2. The van der Waals surface area contributed by atoms with Crippen LogP contribution in [0.25, 0.3) is 0 Å². The van der Waals surface area contributed by atoms with Crippen molar-refractivity contribution in [2.24, 2.45) is 0 Å². The number of aryl methyl sites for hydroxylation is 1. The lowest BCUT2D eigenvalue weighted by molar-refractivity contribution is 0.590. The highest BCUT2D eigenvalue weighted by atomic mass is 19.1. The molecule has 1 aliphatic heterocycles. The smallest absolute Gasteiger partial charge is 0.229 e. The molecule has 4 nitrogen and oxygen atoms in total. The van der Waals surface area contributed by atoms with Crippen molar-refractivity contribution in [1.82, 2.24) is 9.97 Å². The molecule has 2 aromatic carbocycles. The van der Waals surface area contributed by atoms with E-state index in [9.17, 15) is 8.78 Å². The molecule has 0 radical (unpaired) electrons. The van der Waals surface area contributed by atoms with E-state index < -0.39 is 11.6 Å². The summed E-state index contributed by atoms with van der Waals surface area (Å²) in [6.07, 6.45) is 0.934. The number of fused-ring (bicyclic) bond motifs is 1. The maximum absolute atomic E-state index is 13.9. The SMILES string of the molecule is Cc1cc(N2CCc3ccccc3C2)nc(Nc2c(F)cccc2F)n1. The molecular weight excluding hydrogens is 334 g/mol. The highest BCUT2D eigenvalue weighted by Crippen LogP contribution is 2.26. The van der Waals surface area contributed by atoms with Crippen molar-refractivity contribution < 1.29 is 8.78 Å². The van der Waals surface area contributed by atoms with Crippen molar-refractivity contribution in [3.8, 4) is 0 Å². The average molecular weight is 352 g/mol. The number of benzene rings is 2. The van der Waals surface area contributed by atoms with E-state index in [1.54, 1.807) is 0 Å². The van der Waals surface area contributed by atoms with Crippen LogP contribution in [0.5, 0.6) is 0 Å². The third-order valence-electron chi connectivity index (χ3n) is 4.49. The van der Waals surface area contributed by atoms with Crippen LogP contribution in [0.1, 0.15) is 16.8 Å². The van der Waals surface area contributed by atoms with Gasteiger partial charge in [0.25, 0.3) is 0 Å². The van der Waals surface area contributed by atoms with Crippen LogP contribution in [-0.2, 0) is 13.0 Å². The molecule has 0 saturated carbocycles. The first-order chi connectivity index (χ1) is 12.6. The van der Waals surface area contributed by atoms with Gasteiger partial charge in [-0.1, -0.05) is 30.3 Å². The molecule has 0 amide bonds. The first-order valence-electron chi connectivity index (χ1n) is 8.48. The summed E-state index contributed by atoms with van der Waals surface area (Å²) in [6, 6.07) is 13.9. The third-order valence-corrected chi connectivity index (χ3v) is 4.49. The van der Waals surface area contributed by atoms with Crippen molar-refractivity contribution in [3.05, 3.63) is 77.0 Å². The van der Waals surface area contributed by atoms with E-state index >= 15 is 0 Å². The van der Waals surface area contributed by atoms with Crippen LogP contribution in [0.15, 0.2) is 48.5 Å². The minimum Gasteiger partial charge on any atom is -0.352 e. The van der Waals surface area contributed by atoms with Gasteiger partial charge in [0.1, 0.15) is 23.1 Å². The van der Waals surface area contributed by atoms with Gasteiger partial charge in [-0.2, -0.15) is 4.98 Å². The van der Waals surface area contributed by atoms with E-state index in [1.165, 1.54) is 29.3 Å². The van der Waals surface area contributed by atoms with Crippen molar-refractivity contribution in [3.63, 3.8) is 0 Å². The van der Waals surface area contributed by atoms with E-state index in [2.05, 4.69) is 32.3 Å². The molecule has 4 rings (SSSR count). The Labute approximate surface area is 150 Å². The number of hydrogen-bond donors (Lipinski definition) is 1. The summed E-state index contributed by atoms with van der Waals surface area (Å²) in [5, 5.41) is 2.68. The minimum atomic E-state index is -0.677. The predicted octanol–water partition coefficient (Wildman–Crippen LogP) is 4.37. The molecule has 0 spiro atoms. The first-order valence-corrected chi connectivity index (χ1v) is 8.48. The second-order valence-corrected chi connectivity index (χ2v) is 6.35. The highest BCUT2D eigenvalue weighted by Gasteiger charge is 2.19. The molecule has 3 aromatic rings. The monoisotopic (exact) mass is 352 g/mol. The molecule has 1 aliphatic rings. The lowest BCUT2D eigenvalue weighted by Gasteiger charge is -2.30. The van der Waals surface area contributed by atoms with Crippen LogP contribution in [-0.4, -0.2) is 16.5 Å². The lowest BCUT2D eigenvalue weighted by Crippen LogP contribution is -2.31. The number of nitrogens with one attached hydrogen (secondary N) is 1. The number of nitrogens with zero attached hydrogens (tertiary/aromatic N) is 3. The Morgan fingerprint density at radius 3 is 2.46 bits per heavy atom. The molecule has 1 N–H and O–H groups in total. The lowest BCUT2D eigenvalue weighted by atomic mass is 10.00. The van der Waals surface area contributed by atoms with Crippen LogP contribution in [0, 0.1) is 18.6 Å². The summed E-state index contributed by atoms with van der Waals surface area (Å²) in [4.78, 5) is 10.9. The van der Waals surface area contributed by atoms with Gasteiger partial charge in [-0.15, -0.1) is 0 Å². The van der Waals surface area contributed by atoms with Crippen LogP contribution < -0.4 is 10.2 Å². The molecule has 26 heavy (non-hydrogen) atoms. The van der Waals surface area contributed by atoms with Gasteiger partial charge < -0.3 is 10.2 Å². The fourth-order valence-corrected chi connectivity index (χ4v) is 3.19. The van der Waals surface area contributed by atoms with Crippen LogP contribution in [0.3, 0.4) is 0 Å². The molecule has 132 valence electrons. The summed E-state index contributed by atoms with van der Waals surface area (Å²) in [5.41, 5.74) is 3.10. The van der Waals surface area contributed by atoms with E-state index in [0.29, 0.717) is 0 Å². The van der Waals surface area contributed by atoms with Gasteiger partial charge in [-0.05, 0) is 36.6 Å². The Morgan fingerprint density at radius 1 is 0.962 bits per heavy atom. The zero-order valence-corrected chi connectivity index (χ0v) is 14.3. The van der Waals surface area contributed by atoms with Gasteiger partial charge in [-0.25, -0.2) is 13.8 Å². The summed E-state index contributed by atoms with van der Waals surface area (Å²) >= 11 is 0. The van der Waals surface area contributed by atoms with Crippen molar-refractivity contribution in [2.45, 2.75) is 19.9 Å². The topological polar surface area (TPSA) is 41.1 Å². The van der Waals surface area contributed by atoms with Gasteiger partial charge in [0.15, 0.2) is 0 Å². The second-order valence-electron chi connectivity index (χ2n) is 6.35. The van der Waals surface area contributed by atoms with Crippen molar-refractivity contribution in [2.75, 3.05) is 16.8 Å². The van der Waals surface area contributed by atoms with Crippen LogP contribution in [0.2, 0.25) is 0 Å². The van der Waals surface area contributed by atoms with Gasteiger partial charge in [-0.3, -0.25) is 0 Å². The zero-order valence-electron chi connectivity index (χ0n) is 14.3. The molecule has 0 fully saturated rings. The number of anilines is 3. The summed E-state index contributed by atoms with van der Waals surface area (Å²) in [7, 11) is 0. The normalized spacial score (nSPS) is 13.4. The molecule has 1 aromatic heterocycles. The number of hydrogen-bond acceptors (Lipinski definition) is 4. The fourth-order valence-electron chi connectivity index (χ4n) is 3.19. The molecular formula is C20H18F2N4. The molecule has 0 aliphatic carbocycles. The van der Waals surface area contributed by atoms with Gasteiger partial charge in [0.05, 0.1) is 0 Å². The molecule has 6 heteroatoms. The standard InChI is InChI=1S/C20H18F2N4/c1-13-11-18(26-10-9-14-5-2-3-6-15(14)12-26)24-20(23-13)25-19-16(21)7-4-8-17(19)22/h2-8,11H,9-10,12H2,1H3,(H,23,24,25). The summed E-state index contributed by atoms with van der Waals surface area (Å²) in [6.45, 7) is 3.42. The fraction of sp³-hybridized carbons (Fsp3) is 0.200. The second kappa shape index (κ2) is 6.71. The average Bonchev–Trinajstić information content (AvgIpc) is 2.64. The van der Waals surface area contributed by atoms with Crippen LogP contribution >= 0.6 is 0 Å². The Kier molecular flexibility index (Phi) is 4.24. The summed E-state index contributed by atoms with van der Waals surface area (Å²) < 4.78 is 27.8. The van der Waals surface area contributed by atoms with Gasteiger partial charge >= 0.3 is 0 Å². The molecule has 0 saturated heterocycles. The maximum Gasteiger partial charge on any atom is 0.229 e. The predicted molar refractivity (Wildman–Crippen MR) is 97.6 cm³/mol. The first kappa shape index (κ1) is 16.4. The molecule has 0 bridgehead atoms. The van der Waals surface area contributed by atoms with E-state index in [-0.39, 0.29) is 11.6 Å².